The van der Waals surface area contributed by atoms with Crippen molar-refractivity contribution in [3.8, 4) is 5.82 Å². The molecule has 0 spiro atoms. The third-order valence-electron chi connectivity index (χ3n) is 5.08. The monoisotopic (exact) mass is 455 g/mol. The van der Waals surface area contributed by atoms with Crippen LogP contribution in [-0.2, 0) is 15.8 Å². The average Bonchev–Trinajstić information content (AvgIpc) is 3.37. The minimum atomic E-state index is -4.49. The maximum atomic E-state index is 12.8. The lowest BCUT2D eigenvalue weighted by molar-refractivity contribution is -0.137. The summed E-state index contributed by atoms with van der Waals surface area (Å²) in [5, 5.41) is 6.87. The van der Waals surface area contributed by atoms with Gasteiger partial charge in [-0.05, 0) is 49.2 Å². The zero-order chi connectivity index (χ0) is 23.6. The fraction of sp³-hybridized carbons (Fsp3) is 0.217. The number of carbonyl (C=O) groups is 2. The van der Waals surface area contributed by atoms with E-state index in [9.17, 15) is 22.8 Å². The quantitative estimate of drug-likeness (QED) is 0.580. The van der Waals surface area contributed by atoms with Crippen LogP contribution < -0.4 is 10.2 Å². The number of nitrogens with one attached hydrogen (secondary N) is 1. The van der Waals surface area contributed by atoms with E-state index < -0.39 is 17.6 Å². The van der Waals surface area contributed by atoms with E-state index in [4.69, 9.17) is 0 Å². The lowest BCUT2D eigenvalue weighted by Gasteiger charge is -2.15. The summed E-state index contributed by atoms with van der Waals surface area (Å²) in [6.45, 7) is 2.40. The second kappa shape index (κ2) is 8.89. The molecule has 0 aliphatic carbocycles. The second-order valence-corrected chi connectivity index (χ2v) is 7.55. The number of hydrogen-bond acceptors (Lipinski definition) is 4. The Bertz CT molecular complexity index is 1200. The van der Waals surface area contributed by atoms with Crippen molar-refractivity contribution >= 4 is 29.4 Å². The zero-order valence-electron chi connectivity index (χ0n) is 17.6. The Hall–Kier alpha value is -3.95. The molecule has 0 unspecified atom stereocenters. The van der Waals surface area contributed by atoms with Gasteiger partial charge in [0.15, 0.2) is 5.82 Å². The topological polar surface area (TPSA) is 80.1 Å². The molecular weight excluding hydrogens is 435 g/mol. The molecule has 33 heavy (non-hydrogen) atoms. The van der Waals surface area contributed by atoms with E-state index >= 15 is 0 Å². The molecule has 170 valence electrons. The smallest absolute Gasteiger partial charge is 0.312 e. The molecule has 2 aromatic heterocycles. The molecule has 0 saturated carbocycles. The first-order valence-corrected chi connectivity index (χ1v) is 10.2. The number of benzene rings is 1. The van der Waals surface area contributed by atoms with Gasteiger partial charge in [-0.2, -0.15) is 23.0 Å². The third-order valence-corrected chi connectivity index (χ3v) is 5.08. The first-order chi connectivity index (χ1) is 15.7. The molecule has 3 heterocycles. The van der Waals surface area contributed by atoms with Crippen LogP contribution in [0.15, 0.2) is 54.7 Å². The second-order valence-electron chi connectivity index (χ2n) is 7.55. The van der Waals surface area contributed by atoms with Crippen molar-refractivity contribution in [2.45, 2.75) is 25.9 Å². The highest BCUT2D eigenvalue weighted by Crippen LogP contribution is 2.29. The summed E-state index contributed by atoms with van der Waals surface area (Å²) in [5.74, 6) is 0.0775. The number of nitrogens with zero attached hydrogens (tertiary/aromatic N) is 4. The third kappa shape index (κ3) is 5.11. The summed E-state index contributed by atoms with van der Waals surface area (Å²) >= 11 is 0. The van der Waals surface area contributed by atoms with Gasteiger partial charge in [0.05, 0.1) is 11.3 Å². The first kappa shape index (κ1) is 22.3. The van der Waals surface area contributed by atoms with Crippen LogP contribution in [0.4, 0.5) is 24.7 Å². The summed E-state index contributed by atoms with van der Waals surface area (Å²) in [6.07, 6.45) is 0.586. The highest BCUT2D eigenvalue weighted by Gasteiger charge is 2.30. The number of carbonyl (C=O) groups excluding carboxylic acids is 2. The summed E-state index contributed by atoms with van der Waals surface area (Å²) in [4.78, 5) is 29.8. The average molecular weight is 455 g/mol. The Kier molecular flexibility index (Phi) is 5.99. The van der Waals surface area contributed by atoms with Crippen LogP contribution >= 0.6 is 0 Å². The summed E-state index contributed by atoms with van der Waals surface area (Å²) in [6, 6.07) is 11.0. The lowest BCUT2D eigenvalue weighted by Crippen LogP contribution is -2.23. The van der Waals surface area contributed by atoms with E-state index in [1.54, 1.807) is 24.0 Å². The zero-order valence-corrected chi connectivity index (χ0v) is 17.6. The number of pyridine rings is 1. The molecule has 3 aromatic rings. The van der Waals surface area contributed by atoms with Gasteiger partial charge in [-0.1, -0.05) is 12.1 Å². The van der Waals surface area contributed by atoms with Gasteiger partial charge < -0.3 is 10.2 Å². The van der Waals surface area contributed by atoms with Gasteiger partial charge >= 0.3 is 6.18 Å². The normalized spacial score (nSPS) is 14.3. The number of rotatable bonds is 5. The molecule has 0 radical (unpaired) electrons. The van der Waals surface area contributed by atoms with Crippen molar-refractivity contribution in [3.05, 3.63) is 71.6 Å². The Balaban J connectivity index is 1.45. The molecule has 4 rings (SSSR count). The van der Waals surface area contributed by atoms with Crippen LogP contribution in [0, 0.1) is 6.92 Å². The maximum Gasteiger partial charge on any atom is 0.417 e. The van der Waals surface area contributed by atoms with Gasteiger partial charge in [0.1, 0.15) is 5.82 Å². The number of anilines is 2. The lowest BCUT2D eigenvalue weighted by atomic mass is 10.2. The van der Waals surface area contributed by atoms with Gasteiger partial charge in [-0.25, -0.2) is 4.98 Å². The molecule has 1 aromatic carbocycles. The minimum absolute atomic E-state index is 0.104. The Labute approximate surface area is 187 Å². The number of alkyl halides is 3. The van der Waals surface area contributed by atoms with Crippen LogP contribution in [0.3, 0.4) is 0 Å². The molecule has 1 fully saturated rings. The van der Waals surface area contributed by atoms with Gasteiger partial charge in [-0.3, -0.25) is 9.59 Å². The van der Waals surface area contributed by atoms with E-state index in [1.165, 1.54) is 16.8 Å². The fourth-order valence-corrected chi connectivity index (χ4v) is 3.47. The van der Waals surface area contributed by atoms with E-state index in [2.05, 4.69) is 15.4 Å². The highest BCUT2D eigenvalue weighted by molar-refractivity contribution is 6.01. The van der Waals surface area contributed by atoms with Crippen molar-refractivity contribution < 1.29 is 22.8 Å². The Morgan fingerprint density at radius 1 is 1.15 bits per heavy atom. The van der Waals surface area contributed by atoms with Crippen LogP contribution in [0.25, 0.3) is 11.9 Å². The Morgan fingerprint density at radius 3 is 2.52 bits per heavy atom. The van der Waals surface area contributed by atoms with Crippen molar-refractivity contribution in [3.63, 3.8) is 0 Å². The predicted molar refractivity (Wildman–Crippen MR) is 117 cm³/mol. The van der Waals surface area contributed by atoms with E-state index in [0.717, 1.165) is 29.9 Å². The number of aromatic nitrogens is 3. The van der Waals surface area contributed by atoms with Crippen LogP contribution in [-0.4, -0.2) is 33.1 Å². The highest BCUT2D eigenvalue weighted by atomic mass is 19.4. The maximum absolute atomic E-state index is 12.8. The summed E-state index contributed by atoms with van der Waals surface area (Å²) in [7, 11) is 0. The first-order valence-electron chi connectivity index (χ1n) is 10.2. The summed E-state index contributed by atoms with van der Waals surface area (Å²) in [5.41, 5.74) is 1.28. The van der Waals surface area contributed by atoms with Crippen molar-refractivity contribution in [2.75, 3.05) is 16.8 Å². The number of amides is 2. The van der Waals surface area contributed by atoms with Crippen LogP contribution in [0.2, 0.25) is 0 Å². The van der Waals surface area contributed by atoms with Crippen LogP contribution in [0.1, 0.15) is 29.7 Å². The fourth-order valence-electron chi connectivity index (χ4n) is 3.47. The largest absolute Gasteiger partial charge is 0.417 e. The molecule has 1 aliphatic heterocycles. The number of aryl methyl sites for hydroxylation is 1. The van der Waals surface area contributed by atoms with Crippen molar-refractivity contribution in [1.82, 2.24) is 14.8 Å². The predicted octanol–water partition coefficient (Wildman–Crippen LogP) is 4.37. The van der Waals surface area contributed by atoms with Gasteiger partial charge in [0.2, 0.25) is 11.8 Å². The van der Waals surface area contributed by atoms with Crippen molar-refractivity contribution in [2.24, 2.45) is 0 Å². The summed E-state index contributed by atoms with van der Waals surface area (Å²) < 4.78 is 39.6. The van der Waals surface area contributed by atoms with Gasteiger partial charge in [-0.15, -0.1) is 0 Å². The Morgan fingerprint density at radius 2 is 1.91 bits per heavy atom. The molecule has 1 saturated heterocycles. The molecular formula is C23H20F3N5O2. The molecule has 10 heteroatoms. The molecule has 2 amide bonds. The molecule has 0 atom stereocenters. The van der Waals surface area contributed by atoms with Crippen molar-refractivity contribution in [1.29, 1.82) is 0 Å². The molecule has 0 bridgehead atoms. The molecule has 1 N–H and O–H groups in total. The van der Waals surface area contributed by atoms with Crippen LogP contribution in [0.5, 0.6) is 0 Å². The van der Waals surface area contributed by atoms with Gasteiger partial charge in [0.25, 0.3) is 0 Å². The number of halogens is 3. The number of hydrogen-bond donors (Lipinski definition) is 1. The molecule has 1 aliphatic rings. The van der Waals surface area contributed by atoms with Gasteiger partial charge in [0, 0.05) is 37.0 Å². The SMILES string of the molecule is Cc1cc(NC(=O)C=Cc2ccc(N3CCCC3=O)cc2)n(-c2ccc(C(F)(F)F)cn2)n1. The molecule has 7 nitrogen and oxygen atoms in total. The van der Waals surface area contributed by atoms with E-state index in [0.29, 0.717) is 18.7 Å². The van der Waals surface area contributed by atoms with E-state index in [-0.39, 0.29) is 17.5 Å². The van der Waals surface area contributed by atoms with E-state index in [1.807, 2.05) is 24.3 Å². The standard InChI is InChI=1S/C23H20F3N5O2/c1-15-13-20(31(29-15)19-10-7-17(14-27-19)23(24,25)26)28-21(32)11-6-16-4-8-18(9-5-16)30-12-2-3-22(30)33/h4-11,13-14H,2-3,12H2,1H3,(H,28,32). The minimum Gasteiger partial charge on any atom is -0.312 e.